The van der Waals surface area contributed by atoms with Crippen LogP contribution < -0.4 is 4.90 Å². The molecular formula is C12H15NO3. The lowest BCUT2D eigenvalue weighted by atomic mass is 10.1. The Kier molecular flexibility index (Phi) is 4.05. The Balaban J connectivity index is 3.27. The average Bonchev–Trinajstić information content (AvgIpc) is 2.30. The Morgan fingerprint density at radius 1 is 1.38 bits per heavy atom. The molecule has 4 heteroatoms. The number of carbonyl (C=O) groups excluding carboxylic acids is 1. The molecule has 4 nitrogen and oxygen atoms in total. The molecule has 1 aromatic carbocycles. The van der Waals surface area contributed by atoms with Crippen LogP contribution in [0.5, 0.6) is 0 Å². The van der Waals surface area contributed by atoms with Crippen LogP contribution in [-0.2, 0) is 0 Å². The Hall–Kier alpha value is -1.84. The van der Waals surface area contributed by atoms with Gasteiger partial charge in [-0.2, -0.15) is 0 Å². The highest BCUT2D eigenvalue weighted by molar-refractivity contribution is 5.96. The number of anilines is 1. The second-order valence-electron chi connectivity index (χ2n) is 3.37. The second-order valence-corrected chi connectivity index (χ2v) is 3.37. The predicted molar refractivity (Wildman–Crippen MR) is 62.3 cm³/mol. The fourth-order valence-corrected chi connectivity index (χ4v) is 1.64. The molecule has 0 aliphatic carbocycles. The number of carbonyl (C=O) groups is 2. The molecule has 0 saturated carbocycles. The lowest BCUT2D eigenvalue weighted by molar-refractivity contribution is 0.0697. The van der Waals surface area contributed by atoms with Crippen molar-refractivity contribution in [3.63, 3.8) is 0 Å². The molecule has 0 unspecified atom stereocenters. The van der Waals surface area contributed by atoms with Crippen LogP contribution in [0.3, 0.4) is 0 Å². The third kappa shape index (κ3) is 2.39. The summed E-state index contributed by atoms with van der Waals surface area (Å²) in [6, 6.07) is 4.72. The minimum atomic E-state index is -1.01. The predicted octanol–water partition coefficient (Wildman–Crippen LogP) is 2.04. The van der Waals surface area contributed by atoms with Crippen LogP contribution in [0.15, 0.2) is 18.2 Å². The van der Waals surface area contributed by atoms with E-state index in [-0.39, 0.29) is 5.56 Å². The molecule has 0 aliphatic heterocycles. The lowest BCUT2D eigenvalue weighted by Gasteiger charge is -2.22. The zero-order valence-corrected chi connectivity index (χ0v) is 9.43. The minimum absolute atomic E-state index is 0.174. The maximum atomic E-state index is 11.1. The summed E-state index contributed by atoms with van der Waals surface area (Å²) in [6.07, 6.45) is 0.651. The van der Waals surface area contributed by atoms with Gasteiger partial charge in [-0.3, -0.25) is 4.79 Å². The Morgan fingerprint density at radius 2 is 2.00 bits per heavy atom. The first-order valence-corrected chi connectivity index (χ1v) is 5.21. The van der Waals surface area contributed by atoms with Gasteiger partial charge in [0, 0.05) is 18.7 Å². The van der Waals surface area contributed by atoms with Crippen molar-refractivity contribution in [3.05, 3.63) is 29.3 Å². The molecule has 0 saturated heterocycles. The maximum Gasteiger partial charge on any atom is 0.337 e. The lowest BCUT2D eigenvalue weighted by Crippen LogP contribution is -2.24. The molecule has 1 N–H and O–H groups in total. The molecule has 0 atom stereocenters. The summed E-state index contributed by atoms with van der Waals surface area (Å²) in [5, 5.41) is 9.08. The summed E-state index contributed by atoms with van der Waals surface area (Å²) in [5.74, 6) is -1.01. The summed E-state index contributed by atoms with van der Waals surface area (Å²) in [4.78, 5) is 23.6. The number of rotatable bonds is 5. The van der Waals surface area contributed by atoms with Gasteiger partial charge in [-0.1, -0.05) is 0 Å². The molecule has 0 aromatic heterocycles. The zero-order valence-electron chi connectivity index (χ0n) is 9.43. The quantitative estimate of drug-likeness (QED) is 0.773. The van der Waals surface area contributed by atoms with Gasteiger partial charge in [-0.15, -0.1) is 0 Å². The summed E-state index contributed by atoms with van der Waals surface area (Å²) < 4.78 is 0. The molecule has 0 radical (unpaired) electrons. The SMILES string of the molecule is CCN(CC)c1ccc(C=O)cc1C(=O)O. The van der Waals surface area contributed by atoms with E-state index >= 15 is 0 Å². The van der Waals surface area contributed by atoms with Gasteiger partial charge in [-0.05, 0) is 32.0 Å². The van der Waals surface area contributed by atoms with E-state index in [1.807, 2.05) is 18.7 Å². The van der Waals surface area contributed by atoms with Crippen LogP contribution in [-0.4, -0.2) is 30.5 Å². The van der Waals surface area contributed by atoms with Crippen LogP contribution >= 0.6 is 0 Å². The van der Waals surface area contributed by atoms with Gasteiger partial charge in [0.1, 0.15) is 6.29 Å². The molecule has 0 aliphatic rings. The van der Waals surface area contributed by atoms with Gasteiger partial charge in [0.2, 0.25) is 0 Å². The van der Waals surface area contributed by atoms with Gasteiger partial charge in [0.05, 0.1) is 11.3 Å². The molecule has 86 valence electrons. The third-order valence-corrected chi connectivity index (χ3v) is 2.49. The molecule has 16 heavy (non-hydrogen) atoms. The van der Waals surface area contributed by atoms with Crippen molar-refractivity contribution in [2.45, 2.75) is 13.8 Å². The summed E-state index contributed by atoms with van der Waals surface area (Å²) in [7, 11) is 0. The molecule has 0 heterocycles. The van der Waals surface area contributed by atoms with E-state index in [2.05, 4.69) is 0 Å². The first-order chi connectivity index (χ1) is 7.63. The molecule has 0 fully saturated rings. The number of carboxylic acid groups (broad SMARTS) is 1. The minimum Gasteiger partial charge on any atom is -0.478 e. The maximum absolute atomic E-state index is 11.1. The monoisotopic (exact) mass is 221 g/mol. The standard InChI is InChI=1S/C12H15NO3/c1-3-13(4-2)11-6-5-9(8-14)7-10(11)12(15)16/h5-8H,3-4H2,1-2H3,(H,15,16). The van der Waals surface area contributed by atoms with Crippen molar-refractivity contribution >= 4 is 17.9 Å². The highest BCUT2D eigenvalue weighted by Crippen LogP contribution is 2.21. The molecule has 0 amide bonds. The highest BCUT2D eigenvalue weighted by Gasteiger charge is 2.14. The van der Waals surface area contributed by atoms with Crippen LogP contribution in [0.1, 0.15) is 34.6 Å². The number of aldehydes is 1. The molecule has 1 aromatic rings. The molecule has 0 bridgehead atoms. The average molecular weight is 221 g/mol. The van der Waals surface area contributed by atoms with E-state index in [1.165, 1.54) is 6.07 Å². The number of aromatic carboxylic acids is 1. The fourth-order valence-electron chi connectivity index (χ4n) is 1.64. The number of hydrogen-bond acceptors (Lipinski definition) is 3. The molecular weight excluding hydrogens is 206 g/mol. The van der Waals surface area contributed by atoms with E-state index < -0.39 is 5.97 Å². The van der Waals surface area contributed by atoms with E-state index in [0.717, 1.165) is 13.1 Å². The Labute approximate surface area is 94.5 Å². The fraction of sp³-hybridized carbons (Fsp3) is 0.333. The first kappa shape index (κ1) is 12.2. The number of nitrogens with zero attached hydrogens (tertiary/aromatic N) is 1. The largest absolute Gasteiger partial charge is 0.478 e. The number of carboxylic acids is 1. The van der Waals surface area contributed by atoms with Crippen molar-refractivity contribution in [1.29, 1.82) is 0 Å². The highest BCUT2D eigenvalue weighted by atomic mass is 16.4. The van der Waals surface area contributed by atoms with Crippen molar-refractivity contribution in [1.82, 2.24) is 0 Å². The number of benzene rings is 1. The summed E-state index contributed by atoms with van der Waals surface area (Å²) >= 11 is 0. The van der Waals surface area contributed by atoms with Crippen molar-refractivity contribution in [2.75, 3.05) is 18.0 Å². The van der Waals surface area contributed by atoms with Crippen LogP contribution in [0.4, 0.5) is 5.69 Å². The van der Waals surface area contributed by atoms with E-state index in [9.17, 15) is 9.59 Å². The summed E-state index contributed by atoms with van der Waals surface area (Å²) in [5.41, 5.74) is 1.21. The van der Waals surface area contributed by atoms with Crippen LogP contribution in [0, 0.1) is 0 Å². The van der Waals surface area contributed by atoms with Gasteiger partial charge in [-0.25, -0.2) is 4.79 Å². The van der Waals surface area contributed by atoms with Gasteiger partial charge < -0.3 is 10.0 Å². The van der Waals surface area contributed by atoms with Crippen LogP contribution in [0.25, 0.3) is 0 Å². The van der Waals surface area contributed by atoms with Gasteiger partial charge >= 0.3 is 5.97 Å². The van der Waals surface area contributed by atoms with Crippen molar-refractivity contribution < 1.29 is 14.7 Å². The van der Waals surface area contributed by atoms with Crippen molar-refractivity contribution in [2.24, 2.45) is 0 Å². The first-order valence-electron chi connectivity index (χ1n) is 5.21. The second kappa shape index (κ2) is 5.30. The topological polar surface area (TPSA) is 57.6 Å². The number of hydrogen-bond donors (Lipinski definition) is 1. The van der Waals surface area contributed by atoms with E-state index in [1.54, 1.807) is 12.1 Å². The smallest absolute Gasteiger partial charge is 0.337 e. The van der Waals surface area contributed by atoms with E-state index in [4.69, 9.17) is 5.11 Å². The zero-order chi connectivity index (χ0) is 12.1. The van der Waals surface area contributed by atoms with Gasteiger partial charge in [0.15, 0.2) is 0 Å². The molecule has 0 spiro atoms. The molecule has 1 rings (SSSR count). The van der Waals surface area contributed by atoms with E-state index in [0.29, 0.717) is 17.5 Å². The van der Waals surface area contributed by atoms with Gasteiger partial charge in [0.25, 0.3) is 0 Å². The third-order valence-electron chi connectivity index (χ3n) is 2.49. The van der Waals surface area contributed by atoms with Crippen molar-refractivity contribution in [3.8, 4) is 0 Å². The Bertz CT molecular complexity index is 397. The Morgan fingerprint density at radius 3 is 2.44 bits per heavy atom. The summed E-state index contributed by atoms with van der Waals surface area (Å²) in [6.45, 7) is 5.39. The normalized spacial score (nSPS) is 9.88. The van der Waals surface area contributed by atoms with Crippen LogP contribution in [0.2, 0.25) is 0 Å².